The molecule has 2 heterocycles. The number of anilines is 2. The predicted molar refractivity (Wildman–Crippen MR) is 86.9 cm³/mol. The van der Waals surface area contributed by atoms with Gasteiger partial charge >= 0.3 is 0 Å². The summed E-state index contributed by atoms with van der Waals surface area (Å²) in [5.74, 6) is 1.42. The summed E-state index contributed by atoms with van der Waals surface area (Å²) in [4.78, 5) is 12.2. The first-order valence-corrected chi connectivity index (χ1v) is 8.04. The van der Waals surface area contributed by atoms with Crippen molar-refractivity contribution >= 4 is 34.7 Å². The van der Waals surface area contributed by atoms with Crippen molar-refractivity contribution in [1.82, 2.24) is 9.97 Å². The first-order valence-electron chi connectivity index (χ1n) is 6.78. The first-order chi connectivity index (χ1) is 9.74. The van der Waals surface area contributed by atoms with E-state index >= 15 is 0 Å². The molecule has 2 rings (SSSR count). The van der Waals surface area contributed by atoms with Gasteiger partial charge in [0.2, 0.25) is 5.95 Å². The van der Waals surface area contributed by atoms with Crippen LogP contribution in [0.25, 0.3) is 0 Å². The lowest BCUT2D eigenvalue weighted by atomic mass is 10.4. The van der Waals surface area contributed by atoms with Crippen LogP contribution in [0.5, 0.6) is 0 Å². The lowest BCUT2D eigenvalue weighted by molar-refractivity contribution is 0.818. The molecule has 4 nitrogen and oxygen atoms in total. The van der Waals surface area contributed by atoms with Crippen LogP contribution in [0.1, 0.15) is 25.1 Å². The van der Waals surface area contributed by atoms with Crippen molar-refractivity contribution in [3.05, 3.63) is 33.6 Å². The molecule has 0 saturated heterocycles. The van der Waals surface area contributed by atoms with Crippen molar-refractivity contribution in [1.29, 1.82) is 0 Å². The minimum absolute atomic E-state index is 0.588. The quantitative estimate of drug-likeness (QED) is 0.838. The minimum atomic E-state index is 0.588. The van der Waals surface area contributed by atoms with Crippen LogP contribution in [0, 0.1) is 0 Å². The maximum atomic E-state index is 6.25. The summed E-state index contributed by atoms with van der Waals surface area (Å²) < 4.78 is 0. The SMILES string of the molecule is CCCNc1ncc(Cl)c(N(CC)Cc2cccs2)n1. The highest BCUT2D eigenvalue weighted by Crippen LogP contribution is 2.26. The number of hydrogen-bond acceptors (Lipinski definition) is 5. The van der Waals surface area contributed by atoms with Gasteiger partial charge in [0, 0.05) is 18.0 Å². The molecule has 0 aliphatic carbocycles. The van der Waals surface area contributed by atoms with Gasteiger partial charge in [0.05, 0.1) is 12.7 Å². The van der Waals surface area contributed by atoms with Crippen LogP contribution in [0.15, 0.2) is 23.7 Å². The zero-order valence-corrected chi connectivity index (χ0v) is 13.3. The highest BCUT2D eigenvalue weighted by Gasteiger charge is 2.13. The Morgan fingerprint density at radius 1 is 1.40 bits per heavy atom. The van der Waals surface area contributed by atoms with Crippen LogP contribution >= 0.6 is 22.9 Å². The van der Waals surface area contributed by atoms with Crippen molar-refractivity contribution in [3.63, 3.8) is 0 Å². The average molecular weight is 311 g/mol. The van der Waals surface area contributed by atoms with Gasteiger partial charge in [0.1, 0.15) is 5.02 Å². The second-order valence-electron chi connectivity index (χ2n) is 4.39. The molecule has 108 valence electrons. The Morgan fingerprint density at radius 3 is 2.90 bits per heavy atom. The Kier molecular flexibility index (Phi) is 5.61. The molecule has 0 saturated carbocycles. The predicted octanol–water partition coefficient (Wildman–Crippen LogP) is 4.04. The molecule has 2 aromatic rings. The summed E-state index contributed by atoms with van der Waals surface area (Å²) in [6, 6.07) is 4.18. The molecule has 2 aromatic heterocycles. The molecule has 20 heavy (non-hydrogen) atoms. The van der Waals surface area contributed by atoms with Gasteiger partial charge in [-0.15, -0.1) is 11.3 Å². The van der Waals surface area contributed by atoms with Gasteiger partial charge in [-0.25, -0.2) is 4.98 Å². The van der Waals surface area contributed by atoms with E-state index in [0.29, 0.717) is 11.0 Å². The minimum Gasteiger partial charge on any atom is -0.354 e. The van der Waals surface area contributed by atoms with Crippen LogP contribution in [-0.4, -0.2) is 23.1 Å². The van der Waals surface area contributed by atoms with Crippen LogP contribution in [0.3, 0.4) is 0 Å². The summed E-state index contributed by atoms with van der Waals surface area (Å²) >= 11 is 7.99. The molecule has 0 unspecified atom stereocenters. The van der Waals surface area contributed by atoms with Crippen molar-refractivity contribution in [2.24, 2.45) is 0 Å². The number of halogens is 1. The standard InChI is InChI=1S/C14H19ClN4S/c1-3-7-16-14-17-9-12(15)13(18-14)19(4-2)10-11-6-5-8-20-11/h5-6,8-9H,3-4,7,10H2,1-2H3,(H,16,17,18). The van der Waals surface area contributed by atoms with Crippen LogP contribution < -0.4 is 10.2 Å². The zero-order chi connectivity index (χ0) is 14.4. The maximum Gasteiger partial charge on any atom is 0.224 e. The van der Waals surface area contributed by atoms with E-state index in [1.165, 1.54) is 4.88 Å². The van der Waals surface area contributed by atoms with E-state index in [4.69, 9.17) is 11.6 Å². The summed E-state index contributed by atoms with van der Waals surface area (Å²) in [5, 5.41) is 5.87. The molecule has 0 atom stereocenters. The Bertz CT molecular complexity index is 530. The van der Waals surface area contributed by atoms with E-state index in [-0.39, 0.29) is 0 Å². The Balaban J connectivity index is 2.19. The normalized spacial score (nSPS) is 10.6. The van der Waals surface area contributed by atoms with E-state index in [0.717, 1.165) is 31.9 Å². The number of aromatic nitrogens is 2. The van der Waals surface area contributed by atoms with Gasteiger partial charge in [-0.2, -0.15) is 4.98 Å². The molecule has 0 bridgehead atoms. The first kappa shape index (κ1) is 15.1. The lowest BCUT2D eigenvalue weighted by Crippen LogP contribution is -2.23. The van der Waals surface area contributed by atoms with Gasteiger partial charge in [0.25, 0.3) is 0 Å². The van der Waals surface area contributed by atoms with Crippen molar-refractivity contribution in [3.8, 4) is 0 Å². The Morgan fingerprint density at radius 2 is 2.25 bits per heavy atom. The van der Waals surface area contributed by atoms with Gasteiger partial charge in [0.15, 0.2) is 5.82 Å². The monoisotopic (exact) mass is 310 g/mol. The number of hydrogen-bond donors (Lipinski definition) is 1. The van der Waals surface area contributed by atoms with E-state index in [1.807, 2.05) is 0 Å². The molecule has 1 N–H and O–H groups in total. The summed E-state index contributed by atoms with van der Waals surface area (Å²) in [6.07, 6.45) is 2.70. The summed E-state index contributed by atoms with van der Waals surface area (Å²) in [7, 11) is 0. The fourth-order valence-electron chi connectivity index (χ4n) is 1.83. The van der Waals surface area contributed by atoms with Crippen molar-refractivity contribution in [2.75, 3.05) is 23.3 Å². The third-order valence-electron chi connectivity index (χ3n) is 2.87. The van der Waals surface area contributed by atoms with Gasteiger partial charge in [-0.3, -0.25) is 0 Å². The van der Waals surface area contributed by atoms with Gasteiger partial charge in [-0.05, 0) is 24.8 Å². The molecule has 0 spiro atoms. The van der Waals surface area contributed by atoms with Crippen molar-refractivity contribution < 1.29 is 0 Å². The molecule has 0 fully saturated rings. The van der Waals surface area contributed by atoms with E-state index < -0.39 is 0 Å². The van der Waals surface area contributed by atoms with Gasteiger partial charge in [-0.1, -0.05) is 24.6 Å². The molecule has 0 aliphatic heterocycles. The molecule has 0 radical (unpaired) electrons. The fraction of sp³-hybridized carbons (Fsp3) is 0.429. The molecular formula is C14H19ClN4S. The maximum absolute atomic E-state index is 6.25. The second kappa shape index (κ2) is 7.45. The molecule has 0 aliphatic rings. The molecule has 0 aromatic carbocycles. The fourth-order valence-corrected chi connectivity index (χ4v) is 2.76. The molecule has 6 heteroatoms. The largest absolute Gasteiger partial charge is 0.354 e. The van der Waals surface area contributed by atoms with E-state index in [1.54, 1.807) is 17.5 Å². The Hall–Kier alpha value is -1.33. The number of thiophene rings is 1. The summed E-state index contributed by atoms with van der Waals surface area (Å²) in [5.41, 5.74) is 0. The van der Waals surface area contributed by atoms with Gasteiger partial charge < -0.3 is 10.2 Å². The average Bonchev–Trinajstić information content (AvgIpc) is 2.97. The number of rotatable bonds is 7. The van der Waals surface area contributed by atoms with Crippen molar-refractivity contribution in [2.45, 2.75) is 26.8 Å². The van der Waals surface area contributed by atoms with E-state index in [2.05, 4.69) is 51.5 Å². The highest BCUT2D eigenvalue weighted by atomic mass is 35.5. The third-order valence-corrected chi connectivity index (χ3v) is 3.99. The topological polar surface area (TPSA) is 41.1 Å². The van der Waals surface area contributed by atoms with Crippen LogP contribution in [0.2, 0.25) is 5.02 Å². The number of nitrogens with one attached hydrogen (secondary N) is 1. The third kappa shape index (κ3) is 3.84. The summed E-state index contributed by atoms with van der Waals surface area (Å²) in [6.45, 7) is 6.74. The number of nitrogens with zero attached hydrogens (tertiary/aromatic N) is 3. The molecular weight excluding hydrogens is 292 g/mol. The van der Waals surface area contributed by atoms with Crippen LogP contribution in [-0.2, 0) is 6.54 Å². The lowest BCUT2D eigenvalue weighted by Gasteiger charge is -2.22. The smallest absolute Gasteiger partial charge is 0.224 e. The highest BCUT2D eigenvalue weighted by molar-refractivity contribution is 7.09. The second-order valence-corrected chi connectivity index (χ2v) is 5.82. The molecule has 0 amide bonds. The Labute approximate surface area is 128 Å². The van der Waals surface area contributed by atoms with Crippen LogP contribution in [0.4, 0.5) is 11.8 Å². The van der Waals surface area contributed by atoms with E-state index in [9.17, 15) is 0 Å². The zero-order valence-electron chi connectivity index (χ0n) is 11.8.